The van der Waals surface area contributed by atoms with Crippen LogP contribution < -0.4 is 0 Å². The fraction of sp³-hybridized carbons (Fsp3) is 0.0500. The lowest BCUT2D eigenvalue weighted by molar-refractivity contribution is -0.138. The molecule has 0 bridgehead atoms. The van der Waals surface area contributed by atoms with Crippen LogP contribution in [0, 0.1) is 22.7 Å². The summed E-state index contributed by atoms with van der Waals surface area (Å²) in [6.45, 7) is 0. The van der Waals surface area contributed by atoms with Gasteiger partial charge in [0.25, 0.3) is 0 Å². The molecule has 0 saturated carbocycles. The number of hydrogen-bond acceptors (Lipinski definition) is 2. The van der Waals surface area contributed by atoms with Crippen molar-refractivity contribution in [1.82, 2.24) is 9.13 Å². The molecule has 0 radical (unpaired) electrons. The molecule has 2 aromatic heterocycles. The highest BCUT2D eigenvalue weighted by molar-refractivity contribution is 6.12. The molecule has 0 unspecified atom stereocenters. The van der Waals surface area contributed by atoms with Crippen molar-refractivity contribution in [2.24, 2.45) is 0 Å². The third kappa shape index (κ3) is 4.76. The van der Waals surface area contributed by atoms with Gasteiger partial charge in [0, 0.05) is 32.9 Å². The average Bonchev–Trinajstić information content (AvgIpc) is 3.62. The van der Waals surface area contributed by atoms with Gasteiger partial charge in [-0.25, -0.2) is 0 Å². The molecule has 0 aliphatic carbocycles. The molecule has 8 aromatic rings. The number of rotatable bonds is 3. The Labute approximate surface area is 279 Å². The van der Waals surface area contributed by atoms with Crippen molar-refractivity contribution in [3.8, 4) is 34.6 Å². The first kappa shape index (κ1) is 30.8. The smallest absolute Gasteiger partial charge is 0.309 e. The summed E-state index contributed by atoms with van der Waals surface area (Å²) in [6.07, 6.45) is -9.43. The van der Waals surface area contributed by atoms with Crippen LogP contribution in [0.15, 0.2) is 121 Å². The molecule has 0 amide bonds. The van der Waals surface area contributed by atoms with Crippen LogP contribution in [0.5, 0.6) is 0 Å². The lowest BCUT2D eigenvalue weighted by atomic mass is 10.0. The van der Waals surface area contributed by atoms with Gasteiger partial charge in [-0.3, -0.25) is 0 Å². The van der Waals surface area contributed by atoms with Crippen molar-refractivity contribution >= 4 is 43.6 Å². The molecule has 0 atom stereocenters. The minimum absolute atomic E-state index is 0.265. The zero-order valence-electron chi connectivity index (χ0n) is 25.6. The summed E-state index contributed by atoms with van der Waals surface area (Å²) < 4.78 is 86.9. The minimum atomic E-state index is -4.71. The van der Waals surface area contributed by atoms with E-state index in [1.807, 2.05) is 84.9 Å². The SMILES string of the molecule is N#Cc1ccc(-n2c3ccccc3c3cc(-c4ccc5c(c4)c4ccccc4n5-c4ccc(C#N)c(C(F)(F)F)c4)ccc32)cc1C(F)(F)F. The number of fused-ring (bicyclic) bond motifs is 6. The van der Waals surface area contributed by atoms with Crippen molar-refractivity contribution in [3.63, 3.8) is 0 Å². The second-order valence-corrected chi connectivity index (χ2v) is 11.8. The van der Waals surface area contributed by atoms with Gasteiger partial charge in [0.05, 0.1) is 56.5 Å². The van der Waals surface area contributed by atoms with E-state index in [0.717, 1.165) is 44.8 Å². The monoisotopic (exact) mass is 670 g/mol. The van der Waals surface area contributed by atoms with E-state index < -0.39 is 34.6 Å². The molecular weight excluding hydrogens is 650 g/mol. The van der Waals surface area contributed by atoms with Crippen LogP contribution in [0.3, 0.4) is 0 Å². The summed E-state index contributed by atoms with van der Waals surface area (Å²) in [6, 6.07) is 36.8. The Morgan fingerprint density at radius 3 is 1.18 bits per heavy atom. The Hall–Kier alpha value is -6.52. The van der Waals surface area contributed by atoms with Gasteiger partial charge in [-0.1, -0.05) is 48.5 Å². The van der Waals surface area contributed by atoms with Gasteiger partial charge in [0.2, 0.25) is 0 Å². The predicted octanol–water partition coefficient (Wildman–Crippen LogP) is 11.3. The van der Waals surface area contributed by atoms with Gasteiger partial charge in [0.1, 0.15) is 0 Å². The molecular formula is C40H20F6N4. The van der Waals surface area contributed by atoms with Crippen molar-refractivity contribution in [3.05, 3.63) is 144 Å². The highest BCUT2D eigenvalue weighted by atomic mass is 19.4. The van der Waals surface area contributed by atoms with Gasteiger partial charge in [0.15, 0.2) is 0 Å². The first-order chi connectivity index (χ1) is 24.0. The summed E-state index contributed by atoms with van der Waals surface area (Å²) in [7, 11) is 0. The molecule has 0 aliphatic heterocycles. The maximum absolute atomic E-state index is 13.9. The normalized spacial score (nSPS) is 12.2. The summed E-state index contributed by atoms with van der Waals surface area (Å²) in [5, 5.41) is 21.9. The molecule has 0 aliphatic rings. The molecule has 0 fully saturated rings. The van der Waals surface area contributed by atoms with E-state index in [0.29, 0.717) is 22.1 Å². The number of alkyl halides is 6. The fourth-order valence-electron chi connectivity index (χ4n) is 6.87. The average molecular weight is 671 g/mol. The van der Waals surface area contributed by atoms with Crippen LogP contribution in [-0.2, 0) is 12.4 Å². The quantitative estimate of drug-likeness (QED) is 0.176. The summed E-state index contributed by atoms with van der Waals surface area (Å²) in [5.74, 6) is 0. The largest absolute Gasteiger partial charge is 0.417 e. The van der Waals surface area contributed by atoms with Crippen LogP contribution in [0.1, 0.15) is 22.3 Å². The van der Waals surface area contributed by atoms with E-state index in [1.165, 1.54) is 24.3 Å². The lowest BCUT2D eigenvalue weighted by Crippen LogP contribution is -2.09. The third-order valence-electron chi connectivity index (χ3n) is 9.05. The molecule has 10 heteroatoms. The summed E-state index contributed by atoms with van der Waals surface area (Å²) >= 11 is 0. The molecule has 0 saturated heterocycles. The molecule has 0 N–H and O–H groups in total. The van der Waals surface area contributed by atoms with Crippen molar-refractivity contribution in [2.45, 2.75) is 12.4 Å². The zero-order valence-corrected chi connectivity index (χ0v) is 25.6. The number of nitrogens with zero attached hydrogens (tertiary/aromatic N) is 4. The Kier molecular flexibility index (Phi) is 6.78. The van der Waals surface area contributed by atoms with Crippen molar-refractivity contribution in [2.75, 3.05) is 0 Å². The maximum Gasteiger partial charge on any atom is 0.417 e. The summed E-state index contributed by atoms with van der Waals surface area (Å²) in [5.41, 5.74) is 1.97. The second-order valence-electron chi connectivity index (χ2n) is 11.8. The first-order valence-electron chi connectivity index (χ1n) is 15.3. The predicted molar refractivity (Wildman–Crippen MR) is 180 cm³/mol. The van der Waals surface area contributed by atoms with Crippen molar-refractivity contribution < 1.29 is 26.3 Å². The molecule has 50 heavy (non-hydrogen) atoms. The number of hydrogen-bond donors (Lipinski definition) is 0. The Morgan fingerprint density at radius 2 is 0.800 bits per heavy atom. The highest BCUT2D eigenvalue weighted by Crippen LogP contribution is 2.41. The Morgan fingerprint density at radius 1 is 0.420 bits per heavy atom. The molecule has 8 rings (SSSR count). The highest BCUT2D eigenvalue weighted by Gasteiger charge is 2.35. The number of para-hydroxylation sites is 2. The Bertz CT molecular complexity index is 2580. The van der Waals surface area contributed by atoms with Crippen LogP contribution in [0.4, 0.5) is 26.3 Å². The van der Waals surface area contributed by atoms with Crippen LogP contribution in [-0.4, -0.2) is 9.13 Å². The van der Waals surface area contributed by atoms with Crippen molar-refractivity contribution in [1.29, 1.82) is 10.5 Å². The molecule has 242 valence electrons. The van der Waals surface area contributed by atoms with Gasteiger partial charge in [-0.05, 0) is 83.9 Å². The number of nitriles is 2. The number of aromatic nitrogens is 2. The van der Waals surface area contributed by atoms with E-state index in [-0.39, 0.29) is 11.4 Å². The maximum atomic E-state index is 13.9. The van der Waals surface area contributed by atoms with E-state index >= 15 is 0 Å². The van der Waals surface area contributed by atoms with Gasteiger partial charge >= 0.3 is 12.4 Å². The second kappa shape index (κ2) is 11.0. The van der Waals surface area contributed by atoms with E-state index in [1.54, 1.807) is 21.3 Å². The van der Waals surface area contributed by atoms with E-state index in [9.17, 15) is 36.9 Å². The topological polar surface area (TPSA) is 57.4 Å². The van der Waals surface area contributed by atoms with E-state index in [4.69, 9.17) is 0 Å². The standard InChI is InChI=1S/C40H20F6N4/c41-39(42,43)33-19-27(13-9-25(33)21-47)49-35-7-3-1-5-29(35)31-17-23(11-15-37(31)49)24-12-16-38-32(18-24)30-6-2-4-8-36(30)50(38)28-14-10-26(22-48)34(20-28)40(44,45)46/h1-20H. The third-order valence-corrected chi connectivity index (χ3v) is 9.05. The van der Waals surface area contributed by atoms with Crippen LogP contribution in [0.2, 0.25) is 0 Å². The van der Waals surface area contributed by atoms with Gasteiger partial charge in [-0.2, -0.15) is 36.9 Å². The molecule has 6 aromatic carbocycles. The zero-order chi connectivity index (χ0) is 34.9. The van der Waals surface area contributed by atoms with Gasteiger partial charge in [-0.15, -0.1) is 0 Å². The van der Waals surface area contributed by atoms with Gasteiger partial charge < -0.3 is 9.13 Å². The molecule has 2 heterocycles. The number of halogens is 6. The van der Waals surface area contributed by atoms with E-state index in [2.05, 4.69) is 0 Å². The Balaban J connectivity index is 1.31. The van der Waals surface area contributed by atoms with Crippen LogP contribution >= 0.6 is 0 Å². The fourth-order valence-corrected chi connectivity index (χ4v) is 6.87. The van der Waals surface area contributed by atoms with Crippen LogP contribution in [0.25, 0.3) is 66.1 Å². The molecule has 4 nitrogen and oxygen atoms in total. The summed E-state index contributed by atoms with van der Waals surface area (Å²) in [4.78, 5) is 0. The first-order valence-corrected chi connectivity index (χ1v) is 15.3. The number of benzene rings is 6. The minimum Gasteiger partial charge on any atom is -0.309 e. The molecule has 0 spiro atoms. The lowest BCUT2D eigenvalue weighted by Gasteiger charge is -2.14.